The second-order valence-electron chi connectivity index (χ2n) is 4.77. The van der Waals surface area contributed by atoms with Crippen molar-refractivity contribution in [2.75, 3.05) is 0 Å². The monoisotopic (exact) mass is 267 g/mol. The third-order valence-electron chi connectivity index (χ3n) is 3.40. The van der Waals surface area contributed by atoms with Crippen molar-refractivity contribution in [2.24, 2.45) is 0 Å². The summed E-state index contributed by atoms with van der Waals surface area (Å²) in [4.78, 5) is 26.3. The Morgan fingerprint density at radius 2 is 1.80 bits per heavy atom. The third kappa shape index (κ3) is 2.16. The van der Waals surface area contributed by atoms with Gasteiger partial charge in [-0.3, -0.25) is 9.59 Å². The molecule has 0 aliphatic carbocycles. The summed E-state index contributed by atoms with van der Waals surface area (Å²) in [5, 5.41) is 9.97. The average molecular weight is 267 g/mol. The summed E-state index contributed by atoms with van der Waals surface area (Å²) < 4.78 is 0. The van der Waals surface area contributed by atoms with E-state index in [-0.39, 0.29) is 11.8 Å². The molecule has 0 fully saturated rings. The molecule has 2 aromatic carbocycles. The Bertz CT molecular complexity index is 864. The molecular formula is C16H13NO3. The van der Waals surface area contributed by atoms with Crippen LogP contribution in [0.25, 0.3) is 21.8 Å². The number of aliphatic carboxylic acids is 1. The van der Waals surface area contributed by atoms with Gasteiger partial charge in [-0.15, -0.1) is 0 Å². The second-order valence-corrected chi connectivity index (χ2v) is 4.77. The Labute approximate surface area is 114 Å². The van der Waals surface area contributed by atoms with Gasteiger partial charge in [0, 0.05) is 28.2 Å². The summed E-state index contributed by atoms with van der Waals surface area (Å²) in [7, 11) is 0. The number of carbonyl (C=O) groups is 1. The van der Waals surface area contributed by atoms with E-state index in [0.717, 1.165) is 16.6 Å². The summed E-state index contributed by atoms with van der Waals surface area (Å²) in [5.74, 6) is -0.836. The highest BCUT2D eigenvalue weighted by molar-refractivity contribution is 5.92. The van der Waals surface area contributed by atoms with Crippen LogP contribution in [-0.4, -0.2) is 16.1 Å². The van der Waals surface area contributed by atoms with Crippen molar-refractivity contribution in [3.05, 3.63) is 58.3 Å². The van der Waals surface area contributed by atoms with Gasteiger partial charge in [0.05, 0.1) is 0 Å². The number of hydrogen-bond acceptors (Lipinski definition) is 2. The van der Waals surface area contributed by atoms with Gasteiger partial charge in [0.1, 0.15) is 0 Å². The number of hydrogen-bond donors (Lipinski definition) is 2. The number of carboxylic acids is 1. The van der Waals surface area contributed by atoms with Gasteiger partial charge in [0.15, 0.2) is 5.43 Å². The Balaban J connectivity index is 2.18. The molecule has 0 unspecified atom stereocenters. The van der Waals surface area contributed by atoms with Gasteiger partial charge >= 0.3 is 5.97 Å². The molecule has 3 aromatic rings. The van der Waals surface area contributed by atoms with Crippen LogP contribution < -0.4 is 5.43 Å². The molecule has 4 nitrogen and oxygen atoms in total. The highest BCUT2D eigenvalue weighted by atomic mass is 16.4. The van der Waals surface area contributed by atoms with E-state index in [1.54, 1.807) is 12.1 Å². The van der Waals surface area contributed by atoms with E-state index in [1.165, 1.54) is 0 Å². The number of aromatic amines is 1. The number of aryl methyl sites for hydroxylation is 1. The van der Waals surface area contributed by atoms with Crippen LogP contribution in [0.3, 0.4) is 0 Å². The maximum Gasteiger partial charge on any atom is 0.303 e. The molecule has 0 spiro atoms. The molecule has 2 N–H and O–H groups in total. The Hall–Kier alpha value is -2.62. The van der Waals surface area contributed by atoms with Gasteiger partial charge in [0.25, 0.3) is 0 Å². The Kier molecular flexibility index (Phi) is 2.99. The van der Waals surface area contributed by atoms with Gasteiger partial charge in [-0.05, 0) is 36.2 Å². The first kappa shape index (κ1) is 12.4. The Morgan fingerprint density at radius 3 is 2.60 bits per heavy atom. The SMILES string of the molecule is O=C(O)CCc1ccc2[nH]c3ccccc3c(=O)c2c1. The summed E-state index contributed by atoms with van der Waals surface area (Å²) in [5.41, 5.74) is 2.42. The molecule has 0 aliphatic rings. The minimum atomic E-state index is -0.836. The predicted molar refractivity (Wildman–Crippen MR) is 78.0 cm³/mol. The predicted octanol–water partition coefficient (Wildman–Crippen LogP) is 2.70. The molecule has 100 valence electrons. The van der Waals surface area contributed by atoms with Gasteiger partial charge in [-0.2, -0.15) is 0 Å². The van der Waals surface area contributed by atoms with E-state index in [2.05, 4.69) is 4.98 Å². The number of pyridine rings is 1. The van der Waals surface area contributed by atoms with E-state index in [9.17, 15) is 9.59 Å². The lowest BCUT2D eigenvalue weighted by molar-refractivity contribution is -0.136. The molecule has 3 rings (SSSR count). The second kappa shape index (κ2) is 4.81. The molecule has 0 radical (unpaired) electrons. The number of aromatic nitrogens is 1. The highest BCUT2D eigenvalue weighted by Crippen LogP contribution is 2.16. The quantitative estimate of drug-likeness (QED) is 0.717. The molecule has 0 saturated heterocycles. The number of rotatable bonds is 3. The van der Waals surface area contributed by atoms with Crippen molar-refractivity contribution < 1.29 is 9.90 Å². The van der Waals surface area contributed by atoms with E-state index < -0.39 is 5.97 Å². The summed E-state index contributed by atoms with van der Waals surface area (Å²) in [6.07, 6.45) is 0.495. The standard InChI is InChI=1S/C16H13NO3/c18-15(19)8-6-10-5-7-14-12(9-10)16(20)11-3-1-2-4-13(11)17-14/h1-5,7,9H,6,8H2,(H,17,20)(H,18,19). The van der Waals surface area contributed by atoms with Crippen molar-refractivity contribution in [2.45, 2.75) is 12.8 Å². The average Bonchev–Trinajstić information content (AvgIpc) is 2.46. The smallest absolute Gasteiger partial charge is 0.303 e. The molecule has 20 heavy (non-hydrogen) atoms. The molecule has 0 bridgehead atoms. The zero-order valence-corrected chi connectivity index (χ0v) is 10.7. The van der Waals surface area contributed by atoms with Crippen LogP contribution in [0.5, 0.6) is 0 Å². The zero-order valence-electron chi connectivity index (χ0n) is 10.7. The largest absolute Gasteiger partial charge is 0.481 e. The van der Waals surface area contributed by atoms with Crippen LogP contribution >= 0.6 is 0 Å². The molecule has 0 aliphatic heterocycles. The van der Waals surface area contributed by atoms with Crippen LogP contribution in [0.1, 0.15) is 12.0 Å². The number of carboxylic acid groups (broad SMARTS) is 1. The van der Waals surface area contributed by atoms with E-state index in [1.807, 2.05) is 30.3 Å². The van der Waals surface area contributed by atoms with Crippen LogP contribution in [0.4, 0.5) is 0 Å². The van der Waals surface area contributed by atoms with Crippen LogP contribution in [0.15, 0.2) is 47.3 Å². The van der Waals surface area contributed by atoms with Gasteiger partial charge < -0.3 is 10.1 Å². The normalized spacial score (nSPS) is 11.0. The van der Waals surface area contributed by atoms with E-state index in [4.69, 9.17) is 5.11 Å². The van der Waals surface area contributed by atoms with Gasteiger partial charge in [-0.25, -0.2) is 0 Å². The number of benzene rings is 2. The topological polar surface area (TPSA) is 70.2 Å². The first-order chi connectivity index (χ1) is 9.65. The van der Waals surface area contributed by atoms with Crippen molar-refractivity contribution in [3.8, 4) is 0 Å². The lowest BCUT2D eigenvalue weighted by Gasteiger charge is -2.05. The van der Waals surface area contributed by atoms with Crippen molar-refractivity contribution in [3.63, 3.8) is 0 Å². The summed E-state index contributed by atoms with van der Waals surface area (Å²) in [6.45, 7) is 0. The minimum Gasteiger partial charge on any atom is -0.481 e. The van der Waals surface area contributed by atoms with Crippen molar-refractivity contribution >= 4 is 27.8 Å². The number of fused-ring (bicyclic) bond motifs is 2. The van der Waals surface area contributed by atoms with E-state index in [0.29, 0.717) is 17.2 Å². The summed E-state index contributed by atoms with van der Waals surface area (Å²) >= 11 is 0. The maximum atomic E-state index is 12.4. The number of H-pyrrole nitrogens is 1. The fraction of sp³-hybridized carbons (Fsp3) is 0.125. The van der Waals surface area contributed by atoms with Gasteiger partial charge in [0.2, 0.25) is 0 Å². The Morgan fingerprint density at radius 1 is 1.05 bits per heavy atom. The van der Waals surface area contributed by atoms with Crippen LogP contribution in [0, 0.1) is 0 Å². The molecule has 1 aromatic heterocycles. The van der Waals surface area contributed by atoms with Crippen molar-refractivity contribution in [1.29, 1.82) is 0 Å². The lowest BCUT2D eigenvalue weighted by atomic mass is 10.0. The molecule has 1 heterocycles. The molecule has 0 amide bonds. The molecule has 4 heteroatoms. The fourth-order valence-electron chi connectivity index (χ4n) is 2.38. The fourth-order valence-corrected chi connectivity index (χ4v) is 2.38. The minimum absolute atomic E-state index is 0.0217. The van der Waals surface area contributed by atoms with Crippen LogP contribution in [0.2, 0.25) is 0 Å². The number of para-hydroxylation sites is 1. The van der Waals surface area contributed by atoms with E-state index >= 15 is 0 Å². The molecule has 0 saturated carbocycles. The molecule has 0 atom stereocenters. The van der Waals surface area contributed by atoms with Crippen molar-refractivity contribution in [1.82, 2.24) is 4.98 Å². The lowest BCUT2D eigenvalue weighted by Crippen LogP contribution is -2.05. The molecular weight excluding hydrogens is 254 g/mol. The first-order valence-electron chi connectivity index (χ1n) is 6.40. The summed E-state index contributed by atoms with van der Waals surface area (Å²) in [6, 6.07) is 12.8. The zero-order chi connectivity index (χ0) is 14.1. The number of nitrogens with one attached hydrogen (secondary N) is 1. The highest BCUT2D eigenvalue weighted by Gasteiger charge is 2.06. The van der Waals surface area contributed by atoms with Crippen LogP contribution in [-0.2, 0) is 11.2 Å². The van der Waals surface area contributed by atoms with Gasteiger partial charge in [-0.1, -0.05) is 18.2 Å². The third-order valence-corrected chi connectivity index (χ3v) is 3.40. The maximum absolute atomic E-state index is 12.4. The first-order valence-corrected chi connectivity index (χ1v) is 6.40.